The third-order valence-electron chi connectivity index (χ3n) is 1.71. The van der Waals surface area contributed by atoms with Crippen molar-refractivity contribution in [1.82, 2.24) is 0 Å². The number of carboxylic acids is 1. The quantitative estimate of drug-likeness (QED) is 0.786. The first kappa shape index (κ1) is 10.7. The molecule has 0 unspecified atom stereocenters. The molecule has 1 rings (SSSR count). The monoisotopic (exact) mass is 257 g/mol. The molecule has 1 aromatic carbocycles. The molecule has 0 fully saturated rings. The summed E-state index contributed by atoms with van der Waals surface area (Å²) in [4.78, 5) is 13.8. The highest BCUT2D eigenvalue weighted by Crippen LogP contribution is 2.34. The van der Waals surface area contributed by atoms with Crippen molar-refractivity contribution in [3.63, 3.8) is 0 Å². The maximum atomic E-state index is 13.2. The van der Waals surface area contributed by atoms with Crippen LogP contribution in [0.3, 0.4) is 0 Å². The first-order valence-electron chi connectivity index (χ1n) is 3.58. The van der Waals surface area contributed by atoms with Gasteiger partial charge in [0, 0.05) is 4.47 Å². The van der Waals surface area contributed by atoms with Crippen LogP contribution in [0.5, 0.6) is 0 Å². The summed E-state index contributed by atoms with van der Waals surface area (Å²) in [7, 11) is 0. The number of rotatable bonds is 1. The maximum absolute atomic E-state index is 13.2. The van der Waals surface area contributed by atoms with Crippen molar-refractivity contribution >= 4 is 27.6 Å². The molecule has 0 aliphatic carbocycles. The first-order chi connectivity index (χ1) is 6.49. The number of hydrogen-bond acceptors (Lipinski definition) is 1. The van der Waals surface area contributed by atoms with Crippen molar-refractivity contribution in [3.05, 3.63) is 38.9 Å². The SMILES string of the molecule is [C-]#[N+]c1c(C)cc(F)c(C(=O)O)c1Br. The van der Waals surface area contributed by atoms with Crippen molar-refractivity contribution < 1.29 is 14.3 Å². The Hall–Kier alpha value is -1.41. The van der Waals surface area contributed by atoms with Crippen LogP contribution >= 0.6 is 15.9 Å². The lowest BCUT2D eigenvalue weighted by molar-refractivity contribution is 0.0691. The standard InChI is InChI=1S/C9H5BrFNO2/c1-4-3-5(11)6(9(13)14)7(10)8(4)12-2/h3H,1H3,(H,13,14). The molecule has 0 aliphatic rings. The molecule has 1 N–H and O–H groups in total. The van der Waals surface area contributed by atoms with Crippen molar-refractivity contribution in [2.24, 2.45) is 0 Å². The number of carboxylic acid groups (broad SMARTS) is 1. The molecule has 0 saturated heterocycles. The van der Waals surface area contributed by atoms with Gasteiger partial charge in [-0.25, -0.2) is 14.0 Å². The van der Waals surface area contributed by atoms with Gasteiger partial charge in [-0.3, -0.25) is 0 Å². The summed E-state index contributed by atoms with van der Waals surface area (Å²) in [6.45, 7) is 8.36. The highest BCUT2D eigenvalue weighted by molar-refractivity contribution is 9.10. The smallest absolute Gasteiger partial charge is 0.338 e. The Bertz CT molecular complexity index is 451. The zero-order valence-corrected chi connectivity index (χ0v) is 8.72. The fourth-order valence-electron chi connectivity index (χ4n) is 1.06. The summed E-state index contributed by atoms with van der Waals surface area (Å²) in [6, 6.07) is 1.04. The van der Waals surface area contributed by atoms with Crippen molar-refractivity contribution in [3.8, 4) is 0 Å². The van der Waals surface area contributed by atoms with E-state index < -0.39 is 17.3 Å². The van der Waals surface area contributed by atoms with Crippen LogP contribution in [-0.2, 0) is 0 Å². The minimum Gasteiger partial charge on any atom is -0.478 e. The third-order valence-corrected chi connectivity index (χ3v) is 2.48. The molecule has 5 heteroatoms. The molecule has 0 heterocycles. The molecule has 0 radical (unpaired) electrons. The van der Waals surface area contributed by atoms with Crippen LogP contribution in [-0.4, -0.2) is 11.1 Å². The van der Waals surface area contributed by atoms with E-state index in [-0.39, 0.29) is 10.2 Å². The average molecular weight is 258 g/mol. The minimum absolute atomic E-state index is 0.00231. The van der Waals surface area contributed by atoms with Gasteiger partial charge >= 0.3 is 5.97 Å². The van der Waals surface area contributed by atoms with E-state index in [2.05, 4.69) is 20.8 Å². The number of hydrogen-bond donors (Lipinski definition) is 1. The number of carbonyl (C=O) groups is 1. The molecule has 3 nitrogen and oxygen atoms in total. The van der Waals surface area contributed by atoms with Gasteiger partial charge in [-0.15, -0.1) is 0 Å². The zero-order chi connectivity index (χ0) is 10.9. The van der Waals surface area contributed by atoms with Crippen LogP contribution in [0.2, 0.25) is 0 Å². The van der Waals surface area contributed by atoms with Crippen LogP contribution in [0.4, 0.5) is 10.1 Å². The largest absolute Gasteiger partial charge is 0.478 e. The van der Waals surface area contributed by atoms with E-state index >= 15 is 0 Å². The first-order valence-corrected chi connectivity index (χ1v) is 4.37. The van der Waals surface area contributed by atoms with E-state index in [1.807, 2.05) is 0 Å². The van der Waals surface area contributed by atoms with E-state index in [9.17, 15) is 9.18 Å². The summed E-state index contributed by atoms with van der Waals surface area (Å²) >= 11 is 2.91. The molecule has 0 aromatic heterocycles. The summed E-state index contributed by atoms with van der Waals surface area (Å²) in [6.07, 6.45) is 0. The lowest BCUT2D eigenvalue weighted by Gasteiger charge is -2.05. The number of aromatic carboxylic acids is 1. The predicted octanol–water partition coefficient (Wildman–Crippen LogP) is 3.15. The molecular weight excluding hydrogens is 253 g/mol. The van der Waals surface area contributed by atoms with Crippen molar-refractivity contribution in [1.29, 1.82) is 0 Å². The highest BCUT2D eigenvalue weighted by Gasteiger charge is 2.19. The average Bonchev–Trinajstić information content (AvgIpc) is 2.02. The van der Waals surface area contributed by atoms with Gasteiger partial charge in [0.25, 0.3) is 0 Å². The zero-order valence-electron chi connectivity index (χ0n) is 7.14. The summed E-state index contributed by atoms with van der Waals surface area (Å²) in [5.41, 5.74) is 0.0415. The van der Waals surface area contributed by atoms with Crippen LogP contribution in [0.1, 0.15) is 15.9 Å². The van der Waals surface area contributed by atoms with Gasteiger partial charge in [0.1, 0.15) is 5.82 Å². The minimum atomic E-state index is -1.39. The molecule has 72 valence electrons. The number of aryl methyl sites for hydroxylation is 1. The van der Waals surface area contributed by atoms with Crippen LogP contribution in [0, 0.1) is 19.3 Å². The Labute approximate surface area is 88.1 Å². The molecule has 0 amide bonds. The topological polar surface area (TPSA) is 41.7 Å². The fraction of sp³-hybridized carbons (Fsp3) is 0.111. The molecule has 0 aliphatic heterocycles. The number of benzene rings is 1. The third kappa shape index (κ3) is 1.61. The van der Waals surface area contributed by atoms with Crippen molar-refractivity contribution in [2.75, 3.05) is 0 Å². The lowest BCUT2D eigenvalue weighted by Crippen LogP contribution is -2.02. The van der Waals surface area contributed by atoms with Gasteiger partial charge in [-0.1, -0.05) is 15.9 Å². The molecule has 0 atom stereocenters. The Kier molecular flexibility index (Phi) is 2.87. The molecular formula is C9H5BrFNO2. The van der Waals surface area contributed by atoms with E-state index in [4.69, 9.17) is 11.7 Å². The van der Waals surface area contributed by atoms with E-state index in [1.54, 1.807) is 6.92 Å². The fourth-order valence-corrected chi connectivity index (χ4v) is 1.82. The molecule has 0 saturated carbocycles. The normalized spacial score (nSPS) is 9.57. The van der Waals surface area contributed by atoms with Crippen molar-refractivity contribution in [2.45, 2.75) is 6.92 Å². The Morgan fingerprint density at radius 3 is 2.71 bits per heavy atom. The maximum Gasteiger partial charge on any atom is 0.338 e. The number of halogens is 2. The van der Waals surface area contributed by atoms with Crippen LogP contribution in [0.25, 0.3) is 4.85 Å². The van der Waals surface area contributed by atoms with Gasteiger partial charge in [0.05, 0.1) is 12.1 Å². The predicted molar refractivity (Wildman–Crippen MR) is 52.1 cm³/mol. The Morgan fingerprint density at radius 2 is 2.29 bits per heavy atom. The van der Waals surface area contributed by atoms with E-state index in [0.717, 1.165) is 6.07 Å². The van der Waals surface area contributed by atoms with E-state index in [0.29, 0.717) is 5.56 Å². The highest BCUT2D eigenvalue weighted by atomic mass is 79.9. The Morgan fingerprint density at radius 1 is 1.71 bits per heavy atom. The number of nitrogens with zero attached hydrogens (tertiary/aromatic N) is 1. The lowest BCUT2D eigenvalue weighted by atomic mass is 10.1. The summed E-state index contributed by atoms with van der Waals surface area (Å²) in [5.74, 6) is -2.23. The summed E-state index contributed by atoms with van der Waals surface area (Å²) in [5, 5.41) is 8.68. The van der Waals surface area contributed by atoms with E-state index in [1.165, 1.54) is 0 Å². The Balaban J connectivity index is 3.62. The molecule has 1 aromatic rings. The molecule has 0 spiro atoms. The second-order valence-corrected chi connectivity index (χ2v) is 3.42. The molecule has 0 bridgehead atoms. The second-order valence-electron chi connectivity index (χ2n) is 2.63. The van der Waals surface area contributed by atoms with Gasteiger partial charge in [-0.2, -0.15) is 0 Å². The molecule has 14 heavy (non-hydrogen) atoms. The van der Waals surface area contributed by atoms with Crippen LogP contribution < -0.4 is 0 Å². The summed E-state index contributed by atoms with van der Waals surface area (Å²) < 4.78 is 13.2. The van der Waals surface area contributed by atoms with Crippen LogP contribution in [0.15, 0.2) is 10.5 Å². The van der Waals surface area contributed by atoms with Gasteiger partial charge in [0.15, 0.2) is 0 Å². The van der Waals surface area contributed by atoms with Gasteiger partial charge in [-0.05, 0) is 18.6 Å². The second kappa shape index (κ2) is 3.76. The van der Waals surface area contributed by atoms with Gasteiger partial charge < -0.3 is 5.11 Å². The van der Waals surface area contributed by atoms with Gasteiger partial charge in [0.2, 0.25) is 5.69 Å².